The van der Waals surface area contributed by atoms with Gasteiger partial charge in [-0.3, -0.25) is 4.98 Å². The molecular formula is C21H20FN5OS. The second-order valence-corrected chi connectivity index (χ2v) is 7.18. The van der Waals surface area contributed by atoms with Gasteiger partial charge >= 0.3 is 0 Å². The van der Waals surface area contributed by atoms with Crippen molar-refractivity contribution in [3.05, 3.63) is 71.4 Å². The number of rotatable bonds is 3. The van der Waals surface area contributed by atoms with E-state index in [0.29, 0.717) is 11.3 Å². The van der Waals surface area contributed by atoms with Gasteiger partial charge in [0.15, 0.2) is 5.65 Å². The van der Waals surface area contributed by atoms with E-state index in [-0.39, 0.29) is 25.3 Å². The summed E-state index contributed by atoms with van der Waals surface area (Å²) in [5.41, 5.74) is 5.29. The zero-order valence-electron chi connectivity index (χ0n) is 15.7. The van der Waals surface area contributed by atoms with E-state index in [1.54, 1.807) is 23.0 Å². The number of phenols is 1. The Labute approximate surface area is 173 Å². The summed E-state index contributed by atoms with van der Waals surface area (Å²) >= 11 is 0. The molecule has 5 rings (SSSR count). The second-order valence-electron chi connectivity index (χ2n) is 7.18. The van der Waals surface area contributed by atoms with Gasteiger partial charge in [-0.2, -0.15) is 23.1 Å². The number of nitrogens with one attached hydrogen (secondary N) is 1. The van der Waals surface area contributed by atoms with Crippen molar-refractivity contribution in [1.29, 1.82) is 0 Å². The Bertz CT molecular complexity index is 1210. The maximum Gasteiger partial charge on any atom is 0.160 e. The molecule has 0 amide bonds. The van der Waals surface area contributed by atoms with E-state index >= 15 is 0 Å². The van der Waals surface area contributed by atoms with Crippen LogP contribution in [0.15, 0.2) is 48.9 Å². The summed E-state index contributed by atoms with van der Waals surface area (Å²) in [4.78, 5) is 8.59. The Kier molecular flexibility index (Phi) is 4.87. The minimum atomic E-state index is -0.398. The largest absolute Gasteiger partial charge is 0.508 e. The van der Waals surface area contributed by atoms with Crippen LogP contribution in [-0.2, 0) is 12.8 Å². The maximum absolute atomic E-state index is 13.7. The Hall–Kier alpha value is -3.13. The van der Waals surface area contributed by atoms with Crippen molar-refractivity contribution < 1.29 is 9.50 Å². The maximum atomic E-state index is 13.7. The number of hydrogen-bond donors (Lipinski definition) is 2. The SMILES string of the molecule is Cc1cnn2c(N[C@H]3Cc4ccc(O)cc4C3)cc(-c3cncc(F)c3)nc12.S. The lowest BCUT2D eigenvalue weighted by Gasteiger charge is -2.16. The monoisotopic (exact) mass is 409 g/mol. The molecule has 6 nitrogen and oxygen atoms in total. The summed E-state index contributed by atoms with van der Waals surface area (Å²) in [6.45, 7) is 1.95. The number of fused-ring (bicyclic) bond motifs is 2. The first-order chi connectivity index (χ1) is 13.6. The van der Waals surface area contributed by atoms with E-state index in [4.69, 9.17) is 0 Å². The fourth-order valence-corrected chi connectivity index (χ4v) is 3.79. The third-order valence-corrected chi connectivity index (χ3v) is 5.12. The first-order valence-corrected chi connectivity index (χ1v) is 9.10. The molecule has 1 aliphatic carbocycles. The van der Waals surface area contributed by atoms with Crippen molar-refractivity contribution in [3.8, 4) is 17.0 Å². The fraction of sp³-hybridized carbons (Fsp3) is 0.190. The average molecular weight is 409 g/mol. The van der Waals surface area contributed by atoms with Crippen molar-refractivity contribution in [2.24, 2.45) is 0 Å². The van der Waals surface area contributed by atoms with Gasteiger partial charge in [-0.15, -0.1) is 0 Å². The minimum Gasteiger partial charge on any atom is -0.508 e. The Balaban J connectivity index is 0.00000205. The molecule has 4 aromatic rings. The van der Waals surface area contributed by atoms with Crippen LogP contribution in [0.2, 0.25) is 0 Å². The van der Waals surface area contributed by atoms with E-state index in [1.807, 2.05) is 25.1 Å². The summed E-state index contributed by atoms with van der Waals surface area (Å²) in [6, 6.07) is 8.98. The predicted molar refractivity (Wildman–Crippen MR) is 114 cm³/mol. The highest BCUT2D eigenvalue weighted by Gasteiger charge is 2.23. The lowest BCUT2D eigenvalue weighted by Crippen LogP contribution is -2.21. The number of aromatic nitrogens is 4. The highest BCUT2D eigenvalue weighted by Crippen LogP contribution is 2.29. The highest BCUT2D eigenvalue weighted by atomic mass is 32.1. The normalized spacial score (nSPS) is 15.2. The number of aryl methyl sites for hydroxylation is 1. The van der Waals surface area contributed by atoms with E-state index in [1.165, 1.54) is 17.8 Å². The number of nitrogens with zero attached hydrogens (tertiary/aromatic N) is 4. The van der Waals surface area contributed by atoms with E-state index in [2.05, 4.69) is 20.4 Å². The first kappa shape index (κ1) is 19.2. The number of phenolic OH excluding ortho intramolecular Hbond substituents is 1. The van der Waals surface area contributed by atoms with Crippen LogP contribution < -0.4 is 5.32 Å². The van der Waals surface area contributed by atoms with Gasteiger partial charge in [0.2, 0.25) is 0 Å². The van der Waals surface area contributed by atoms with Crippen LogP contribution in [0.25, 0.3) is 16.9 Å². The number of anilines is 1. The number of benzene rings is 1. The molecule has 148 valence electrons. The summed E-state index contributed by atoms with van der Waals surface area (Å²) in [6.07, 6.45) is 6.21. The smallest absolute Gasteiger partial charge is 0.160 e. The molecule has 8 heteroatoms. The van der Waals surface area contributed by atoms with Crippen molar-refractivity contribution in [1.82, 2.24) is 19.6 Å². The van der Waals surface area contributed by atoms with E-state index in [9.17, 15) is 9.50 Å². The molecular weight excluding hydrogens is 389 g/mol. The fourth-order valence-electron chi connectivity index (χ4n) is 3.79. The molecule has 3 aromatic heterocycles. The van der Waals surface area contributed by atoms with Crippen LogP contribution in [0.3, 0.4) is 0 Å². The standard InChI is InChI=1S/C21H18FN5O.H2S/c1-12-9-24-27-20(25-17-5-13-2-3-18(28)7-14(13)6-17)8-19(26-21(12)27)15-4-16(22)11-23-10-15;/h2-4,7-11,17,25,28H,5-6H2,1H3;1H2/t17-;/m0./s1. The quantitative estimate of drug-likeness (QED) is 0.540. The minimum absolute atomic E-state index is 0. The average Bonchev–Trinajstić information content (AvgIpc) is 3.24. The zero-order valence-corrected chi connectivity index (χ0v) is 16.7. The summed E-state index contributed by atoms with van der Waals surface area (Å²) < 4.78 is 15.4. The van der Waals surface area contributed by atoms with Crippen LogP contribution >= 0.6 is 13.5 Å². The lowest BCUT2D eigenvalue weighted by atomic mass is 10.1. The van der Waals surface area contributed by atoms with Crippen molar-refractivity contribution >= 4 is 25.0 Å². The van der Waals surface area contributed by atoms with Crippen LogP contribution in [0.1, 0.15) is 16.7 Å². The number of hydrogen-bond acceptors (Lipinski definition) is 5. The molecule has 0 saturated heterocycles. The third kappa shape index (κ3) is 3.51. The Morgan fingerprint density at radius 3 is 2.76 bits per heavy atom. The van der Waals surface area contributed by atoms with E-state index < -0.39 is 5.82 Å². The third-order valence-electron chi connectivity index (χ3n) is 5.12. The van der Waals surface area contributed by atoms with Crippen molar-refractivity contribution in [3.63, 3.8) is 0 Å². The van der Waals surface area contributed by atoms with Gasteiger partial charge < -0.3 is 10.4 Å². The Morgan fingerprint density at radius 2 is 1.93 bits per heavy atom. The molecule has 0 bridgehead atoms. The van der Waals surface area contributed by atoms with E-state index in [0.717, 1.165) is 35.4 Å². The van der Waals surface area contributed by atoms with Crippen LogP contribution in [0.4, 0.5) is 10.2 Å². The molecule has 0 spiro atoms. The molecule has 0 fully saturated rings. The van der Waals surface area contributed by atoms with Gasteiger partial charge in [-0.25, -0.2) is 9.37 Å². The van der Waals surface area contributed by atoms with Gasteiger partial charge in [0.05, 0.1) is 18.1 Å². The molecule has 1 atom stereocenters. The molecule has 0 radical (unpaired) electrons. The number of pyridine rings is 1. The number of aromatic hydroxyl groups is 1. The topological polar surface area (TPSA) is 75.3 Å². The lowest BCUT2D eigenvalue weighted by molar-refractivity contribution is 0.474. The van der Waals surface area contributed by atoms with Crippen LogP contribution in [0.5, 0.6) is 5.75 Å². The van der Waals surface area contributed by atoms with Gasteiger partial charge in [0.25, 0.3) is 0 Å². The van der Waals surface area contributed by atoms with Crippen molar-refractivity contribution in [2.75, 3.05) is 5.32 Å². The zero-order chi connectivity index (χ0) is 19.3. The molecule has 0 saturated carbocycles. The summed E-state index contributed by atoms with van der Waals surface area (Å²) in [5, 5.41) is 17.7. The molecule has 0 unspecified atom stereocenters. The van der Waals surface area contributed by atoms with Gasteiger partial charge in [-0.05, 0) is 49.1 Å². The molecule has 1 aliphatic rings. The molecule has 3 heterocycles. The number of halogens is 1. The predicted octanol–water partition coefficient (Wildman–Crippen LogP) is 3.64. The Morgan fingerprint density at radius 1 is 1.10 bits per heavy atom. The van der Waals surface area contributed by atoms with Gasteiger partial charge in [0, 0.05) is 29.4 Å². The summed E-state index contributed by atoms with van der Waals surface area (Å²) in [7, 11) is 0. The molecule has 2 N–H and O–H groups in total. The first-order valence-electron chi connectivity index (χ1n) is 9.10. The van der Waals surface area contributed by atoms with Crippen LogP contribution in [-0.4, -0.2) is 30.7 Å². The highest BCUT2D eigenvalue weighted by molar-refractivity contribution is 7.59. The molecule has 0 aliphatic heterocycles. The second kappa shape index (κ2) is 7.36. The summed E-state index contributed by atoms with van der Waals surface area (Å²) in [5.74, 6) is 0.679. The van der Waals surface area contributed by atoms with Gasteiger partial charge in [-0.1, -0.05) is 6.07 Å². The van der Waals surface area contributed by atoms with Gasteiger partial charge in [0.1, 0.15) is 17.4 Å². The molecule has 29 heavy (non-hydrogen) atoms. The van der Waals surface area contributed by atoms with Crippen molar-refractivity contribution in [2.45, 2.75) is 25.8 Å². The van der Waals surface area contributed by atoms with Crippen LogP contribution in [0, 0.1) is 12.7 Å². The molecule has 1 aromatic carbocycles.